The van der Waals surface area contributed by atoms with Crippen molar-refractivity contribution in [2.45, 2.75) is 24.4 Å². The fraction of sp³-hybridized carbons (Fsp3) is 0.900. The van der Waals surface area contributed by atoms with E-state index in [1.807, 2.05) is 0 Å². The first-order valence-electron chi connectivity index (χ1n) is 5.74. The number of nitrogens with zero attached hydrogens (tertiary/aromatic N) is 1. The Balaban J connectivity index is 2.49. The molecular formula is C10H20N2O6. The van der Waals surface area contributed by atoms with Crippen molar-refractivity contribution in [2.75, 3.05) is 33.4 Å². The predicted molar refractivity (Wildman–Crippen MR) is 60.9 cm³/mol. The lowest BCUT2D eigenvalue weighted by Gasteiger charge is -2.42. The van der Waals surface area contributed by atoms with Gasteiger partial charge in [-0.3, -0.25) is 4.90 Å². The summed E-state index contributed by atoms with van der Waals surface area (Å²) in [4.78, 5) is 12.4. The molecule has 1 saturated heterocycles. The minimum absolute atomic E-state index is 0.0612. The number of carbonyl (C=O) groups is 1. The summed E-state index contributed by atoms with van der Waals surface area (Å²) in [7, 11) is 1.43. The summed E-state index contributed by atoms with van der Waals surface area (Å²) in [5.41, 5.74) is 0. The van der Waals surface area contributed by atoms with Crippen molar-refractivity contribution in [1.82, 2.24) is 10.2 Å². The second-order valence-corrected chi connectivity index (χ2v) is 4.18. The first kappa shape index (κ1) is 15.1. The van der Waals surface area contributed by atoms with Gasteiger partial charge in [-0.1, -0.05) is 0 Å². The molecule has 1 heterocycles. The maximum atomic E-state index is 10.8. The van der Waals surface area contributed by atoms with Gasteiger partial charge in [0.05, 0.1) is 18.8 Å². The van der Waals surface area contributed by atoms with Gasteiger partial charge in [-0.15, -0.1) is 0 Å². The van der Waals surface area contributed by atoms with Crippen molar-refractivity contribution in [1.29, 1.82) is 0 Å². The third-order valence-corrected chi connectivity index (χ3v) is 3.03. The molecule has 0 aliphatic carbocycles. The van der Waals surface area contributed by atoms with Crippen LogP contribution in [-0.4, -0.2) is 89.1 Å². The lowest BCUT2D eigenvalue weighted by molar-refractivity contribution is -0.146. The van der Waals surface area contributed by atoms with E-state index in [-0.39, 0.29) is 26.3 Å². The monoisotopic (exact) mass is 264 g/mol. The Kier molecular flexibility index (Phi) is 5.76. The molecule has 0 unspecified atom stereocenters. The lowest BCUT2D eigenvalue weighted by Crippen LogP contribution is -2.62. The van der Waals surface area contributed by atoms with E-state index >= 15 is 0 Å². The van der Waals surface area contributed by atoms with Crippen LogP contribution in [0.1, 0.15) is 0 Å². The molecule has 106 valence electrons. The normalized spacial score (nSPS) is 33.2. The Bertz CT molecular complexity index is 277. The Morgan fingerprint density at radius 1 is 1.39 bits per heavy atom. The molecule has 0 aromatic heterocycles. The quantitative estimate of drug-likeness (QED) is 0.369. The number of alkyl carbamates (subject to hydrolysis) is 1. The van der Waals surface area contributed by atoms with Crippen LogP contribution >= 0.6 is 0 Å². The van der Waals surface area contributed by atoms with Gasteiger partial charge in [0.15, 0.2) is 0 Å². The number of hydrogen-bond acceptors (Lipinski definition) is 7. The molecule has 0 aromatic rings. The highest BCUT2D eigenvalue weighted by molar-refractivity contribution is 5.66. The maximum Gasteiger partial charge on any atom is 0.406 e. The summed E-state index contributed by atoms with van der Waals surface area (Å²) >= 11 is 0. The van der Waals surface area contributed by atoms with Crippen molar-refractivity contribution in [3.63, 3.8) is 0 Å². The van der Waals surface area contributed by atoms with Gasteiger partial charge >= 0.3 is 6.09 Å². The van der Waals surface area contributed by atoms with Crippen LogP contribution in [0.5, 0.6) is 0 Å². The molecule has 5 N–H and O–H groups in total. The van der Waals surface area contributed by atoms with Gasteiger partial charge in [0.25, 0.3) is 0 Å². The van der Waals surface area contributed by atoms with E-state index < -0.39 is 30.4 Å². The van der Waals surface area contributed by atoms with Crippen LogP contribution < -0.4 is 5.32 Å². The topological polar surface area (TPSA) is 122 Å². The predicted octanol–water partition coefficient (Wildman–Crippen LogP) is -2.90. The Labute approximate surface area is 105 Å². The number of ether oxygens (including phenoxy) is 1. The Morgan fingerprint density at radius 3 is 2.61 bits per heavy atom. The number of nitrogens with one attached hydrogen (secondary N) is 1. The highest BCUT2D eigenvalue weighted by Crippen LogP contribution is 2.18. The van der Waals surface area contributed by atoms with Crippen LogP contribution in [0.4, 0.5) is 4.79 Å². The van der Waals surface area contributed by atoms with Gasteiger partial charge in [-0.25, -0.2) is 4.79 Å². The summed E-state index contributed by atoms with van der Waals surface area (Å²) in [6, 6.07) is -0.684. The molecule has 1 fully saturated rings. The van der Waals surface area contributed by atoms with Crippen molar-refractivity contribution in [2.24, 2.45) is 0 Å². The van der Waals surface area contributed by atoms with Crippen LogP contribution in [0.15, 0.2) is 0 Å². The van der Waals surface area contributed by atoms with E-state index in [0.717, 1.165) is 0 Å². The van der Waals surface area contributed by atoms with Crippen molar-refractivity contribution in [3.05, 3.63) is 0 Å². The highest BCUT2D eigenvalue weighted by Gasteiger charge is 2.40. The molecule has 0 aromatic carbocycles. The third-order valence-electron chi connectivity index (χ3n) is 3.03. The van der Waals surface area contributed by atoms with E-state index in [0.29, 0.717) is 0 Å². The molecule has 0 bridgehead atoms. The minimum atomic E-state index is -1.28. The maximum absolute atomic E-state index is 10.8. The summed E-state index contributed by atoms with van der Waals surface area (Å²) in [6.07, 6.45) is -4.19. The number of β-amino-alcohol motifs (C(OH)–C–C–N with tert-alkyl or cyclic N) is 1. The van der Waals surface area contributed by atoms with Gasteiger partial charge in [0.2, 0.25) is 0 Å². The number of piperidine rings is 1. The molecule has 0 radical (unpaired) electrons. The molecule has 8 heteroatoms. The van der Waals surface area contributed by atoms with Crippen LogP contribution in [0, 0.1) is 0 Å². The van der Waals surface area contributed by atoms with E-state index in [1.54, 1.807) is 4.90 Å². The number of rotatable bonds is 4. The van der Waals surface area contributed by atoms with Gasteiger partial charge in [0.1, 0.15) is 18.8 Å². The van der Waals surface area contributed by atoms with E-state index in [4.69, 9.17) is 4.74 Å². The zero-order chi connectivity index (χ0) is 13.7. The van der Waals surface area contributed by atoms with E-state index in [1.165, 1.54) is 7.05 Å². The van der Waals surface area contributed by atoms with Crippen LogP contribution in [0.3, 0.4) is 0 Å². The largest absolute Gasteiger partial charge is 0.448 e. The third kappa shape index (κ3) is 3.53. The number of hydrogen-bond donors (Lipinski definition) is 5. The fourth-order valence-electron chi connectivity index (χ4n) is 1.96. The molecule has 1 rings (SSSR count). The molecule has 0 saturated carbocycles. The summed E-state index contributed by atoms with van der Waals surface area (Å²) in [5, 5.41) is 40.2. The SMILES string of the molecule is CNC(=O)OCCN1C[C@H](O)[C@@H](O)[C@H](O)[C@H]1CO. The highest BCUT2D eigenvalue weighted by atomic mass is 16.5. The fourth-order valence-corrected chi connectivity index (χ4v) is 1.96. The van der Waals surface area contributed by atoms with Crippen molar-refractivity contribution in [3.8, 4) is 0 Å². The van der Waals surface area contributed by atoms with Crippen molar-refractivity contribution >= 4 is 6.09 Å². The molecule has 0 spiro atoms. The van der Waals surface area contributed by atoms with Gasteiger partial charge < -0.3 is 30.5 Å². The number of carbonyl (C=O) groups excluding carboxylic acids is 1. The van der Waals surface area contributed by atoms with Gasteiger partial charge in [-0.2, -0.15) is 0 Å². The second-order valence-electron chi connectivity index (χ2n) is 4.18. The molecule has 18 heavy (non-hydrogen) atoms. The smallest absolute Gasteiger partial charge is 0.406 e. The van der Waals surface area contributed by atoms with Gasteiger partial charge in [0, 0.05) is 20.1 Å². The average Bonchev–Trinajstić information content (AvgIpc) is 2.36. The van der Waals surface area contributed by atoms with E-state index in [9.17, 15) is 25.2 Å². The number of aliphatic hydroxyl groups is 4. The summed E-state index contributed by atoms with van der Waals surface area (Å²) < 4.78 is 4.78. The summed E-state index contributed by atoms with van der Waals surface area (Å²) in [6.45, 7) is 0.0523. The van der Waals surface area contributed by atoms with Crippen molar-refractivity contribution < 1.29 is 30.0 Å². The molecule has 1 aliphatic heterocycles. The number of amides is 1. The summed E-state index contributed by atoms with van der Waals surface area (Å²) in [5.74, 6) is 0. The zero-order valence-corrected chi connectivity index (χ0v) is 10.2. The first-order valence-corrected chi connectivity index (χ1v) is 5.74. The van der Waals surface area contributed by atoms with Crippen LogP contribution in [0.25, 0.3) is 0 Å². The van der Waals surface area contributed by atoms with E-state index in [2.05, 4.69) is 5.32 Å². The number of likely N-dealkylation sites (tertiary alicyclic amines) is 1. The molecule has 8 nitrogen and oxygen atoms in total. The number of aliphatic hydroxyl groups excluding tert-OH is 4. The second kappa shape index (κ2) is 6.86. The Hall–Kier alpha value is -0.930. The zero-order valence-electron chi connectivity index (χ0n) is 10.2. The minimum Gasteiger partial charge on any atom is -0.448 e. The van der Waals surface area contributed by atoms with Crippen LogP contribution in [-0.2, 0) is 4.74 Å². The van der Waals surface area contributed by atoms with Gasteiger partial charge in [-0.05, 0) is 0 Å². The molecule has 1 amide bonds. The standard InChI is InChI=1S/C10H20N2O6/c1-11-10(17)18-3-2-12-4-7(14)9(16)8(15)6(12)5-13/h6-9,13-16H,2-5H2,1H3,(H,11,17)/t6-,7+,8-,9-/m1/s1. The average molecular weight is 264 g/mol. The molecule has 4 atom stereocenters. The first-order chi connectivity index (χ1) is 8.51. The van der Waals surface area contributed by atoms with Crippen LogP contribution in [0.2, 0.25) is 0 Å². The Morgan fingerprint density at radius 2 is 2.06 bits per heavy atom. The molecular weight excluding hydrogens is 244 g/mol. The lowest BCUT2D eigenvalue weighted by atomic mass is 9.94. The molecule has 1 aliphatic rings.